The van der Waals surface area contributed by atoms with Crippen LogP contribution in [0.1, 0.15) is 91.4 Å². The second-order valence-corrected chi connectivity index (χ2v) is 14.3. The van der Waals surface area contributed by atoms with Gasteiger partial charge in [-0.2, -0.15) is 16.8 Å². The summed E-state index contributed by atoms with van der Waals surface area (Å²) >= 11 is 0. The normalized spacial score (nSPS) is 43.6. The maximum atomic E-state index is 11.8. The van der Waals surface area contributed by atoms with Crippen LogP contribution < -0.4 is 0 Å². The number of hydrogen-bond donors (Lipinski definition) is 2. The molecule has 0 saturated heterocycles. The van der Waals surface area contributed by atoms with Crippen LogP contribution in [0.2, 0.25) is 0 Å². The molecule has 0 aromatic heterocycles. The number of fused-ring (bicyclic) bond motifs is 5. The van der Waals surface area contributed by atoms with E-state index < -0.39 is 26.9 Å². The Labute approximate surface area is 205 Å². The largest absolute Gasteiger partial charge is 0.397 e. The van der Waals surface area contributed by atoms with Crippen LogP contribution in [0.25, 0.3) is 0 Å². The first-order valence-electron chi connectivity index (χ1n) is 13.0. The van der Waals surface area contributed by atoms with Crippen molar-refractivity contribution in [3.63, 3.8) is 0 Å². The molecule has 0 aromatic carbocycles. The summed E-state index contributed by atoms with van der Waals surface area (Å²) in [6.07, 6.45) is 10.6. The van der Waals surface area contributed by atoms with Crippen molar-refractivity contribution >= 4 is 20.8 Å². The van der Waals surface area contributed by atoms with Crippen molar-refractivity contribution in [1.82, 2.24) is 0 Å². The highest BCUT2D eigenvalue weighted by atomic mass is 32.3. The zero-order chi connectivity index (χ0) is 24.9. The molecule has 4 aliphatic rings. The van der Waals surface area contributed by atoms with Crippen molar-refractivity contribution in [2.75, 3.05) is 6.61 Å². The van der Waals surface area contributed by atoms with Gasteiger partial charge >= 0.3 is 20.8 Å². The molecule has 0 aromatic rings. The van der Waals surface area contributed by atoms with E-state index in [1.165, 1.54) is 19.3 Å². The highest BCUT2D eigenvalue weighted by Gasteiger charge is 2.63. The van der Waals surface area contributed by atoms with Gasteiger partial charge in [0.05, 0.1) is 12.7 Å². The van der Waals surface area contributed by atoms with Crippen LogP contribution in [0.5, 0.6) is 0 Å². The molecule has 0 aliphatic heterocycles. The first-order chi connectivity index (χ1) is 15.7. The minimum absolute atomic E-state index is 0.0231. The average Bonchev–Trinajstić information content (AvgIpc) is 3.07. The van der Waals surface area contributed by atoms with E-state index in [1.807, 2.05) is 0 Å². The molecule has 198 valence electrons. The van der Waals surface area contributed by atoms with Crippen molar-refractivity contribution in [3.8, 4) is 0 Å². The summed E-state index contributed by atoms with van der Waals surface area (Å²) < 4.78 is 73.7. The third kappa shape index (κ3) is 5.23. The Kier molecular flexibility index (Phi) is 7.53. The average molecular weight is 523 g/mol. The second-order valence-electron chi connectivity index (χ2n) is 12.1. The Bertz CT molecular complexity index is 950. The molecule has 0 heterocycles. The van der Waals surface area contributed by atoms with Gasteiger partial charge in [-0.15, -0.1) is 0 Å². The van der Waals surface area contributed by atoms with E-state index >= 15 is 0 Å². The summed E-state index contributed by atoms with van der Waals surface area (Å²) in [6, 6.07) is 0. The maximum absolute atomic E-state index is 11.8. The molecule has 34 heavy (non-hydrogen) atoms. The molecule has 4 saturated carbocycles. The topological polar surface area (TPSA) is 127 Å². The fraction of sp³-hybridized carbons (Fsp3) is 1.00. The molecular weight excluding hydrogens is 480 g/mol. The van der Waals surface area contributed by atoms with E-state index in [0.717, 1.165) is 38.5 Å². The van der Waals surface area contributed by atoms with E-state index in [-0.39, 0.29) is 23.4 Å². The van der Waals surface area contributed by atoms with Crippen molar-refractivity contribution in [2.45, 2.75) is 97.5 Å². The molecule has 0 radical (unpaired) electrons. The first-order valence-corrected chi connectivity index (χ1v) is 15.8. The van der Waals surface area contributed by atoms with Gasteiger partial charge in [0.25, 0.3) is 0 Å². The van der Waals surface area contributed by atoms with Crippen LogP contribution in [-0.4, -0.2) is 38.7 Å². The first kappa shape index (κ1) is 26.8. The van der Waals surface area contributed by atoms with Gasteiger partial charge in [-0.1, -0.05) is 33.6 Å². The van der Waals surface area contributed by atoms with Crippen LogP contribution in [0.3, 0.4) is 0 Å². The molecule has 0 bridgehead atoms. The predicted octanol–water partition coefficient (Wildman–Crippen LogP) is 5.07. The molecule has 10 heteroatoms. The van der Waals surface area contributed by atoms with E-state index in [2.05, 4.69) is 25.0 Å². The molecule has 0 unspecified atom stereocenters. The van der Waals surface area contributed by atoms with E-state index in [4.69, 9.17) is 8.74 Å². The van der Waals surface area contributed by atoms with Gasteiger partial charge in [-0.25, -0.2) is 8.37 Å². The van der Waals surface area contributed by atoms with Crippen molar-refractivity contribution in [2.24, 2.45) is 46.3 Å². The SMILES string of the molecule is C[C@H](CCCOS(=O)(=O)O)[C@H]1CC[C@H]2[C@@H]3[C@H](OS(=O)(=O)O)C[C@@H]4CCCC[C@]4(C)[C@H]3CC[C@]12C. The van der Waals surface area contributed by atoms with Gasteiger partial charge in [0.2, 0.25) is 0 Å². The summed E-state index contributed by atoms with van der Waals surface area (Å²) in [5.41, 5.74) is 0.267. The molecular formula is C24H42O8S2. The number of rotatable bonds is 8. The summed E-state index contributed by atoms with van der Waals surface area (Å²) in [7, 11) is -8.93. The molecule has 0 spiro atoms. The Morgan fingerprint density at radius 2 is 1.62 bits per heavy atom. The molecule has 2 N–H and O–H groups in total. The van der Waals surface area contributed by atoms with Gasteiger partial charge < -0.3 is 0 Å². The smallest absolute Gasteiger partial charge is 0.264 e. The van der Waals surface area contributed by atoms with Gasteiger partial charge in [0.15, 0.2) is 0 Å². The fourth-order valence-corrected chi connectivity index (χ4v) is 10.1. The summed E-state index contributed by atoms with van der Waals surface area (Å²) in [5.74, 6) is 2.14. The molecule has 4 fully saturated rings. The lowest BCUT2D eigenvalue weighted by Gasteiger charge is -2.62. The van der Waals surface area contributed by atoms with Crippen molar-refractivity contribution in [1.29, 1.82) is 0 Å². The summed E-state index contributed by atoms with van der Waals surface area (Å²) in [4.78, 5) is 0. The van der Waals surface area contributed by atoms with Crippen molar-refractivity contribution < 1.29 is 34.3 Å². The van der Waals surface area contributed by atoms with Crippen LogP contribution in [0.15, 0.2) is 0 Å². The summed E-state index contributed by atoms with van der Waals surface area (Å²) in [6.45, 7) is 6.97. The molecule has 0 amide bonds. The van der Waals surface area contributed by atoms with E-state index in [1.54, 1.807) is 0 Å². The lowest BCUT2D eigenvalue weighted by atomic mass is 9.44. The Balaban J connectivity index is 1.54. The highest BCUT2D eigenvalue weighted by Crippen LogP contribution is 2.68. The fourth-order valence-electron chi connectivity index (χ4n) is 9.23. The summed E-state index contributed by atoms with van der Waals surface area (Å²) in [5, 5.41) is 0. The zero-order valence-electron chi connectivity index (χ0n) is 20.7. The van der Waals surface area contributed by atoms with Gasteiger partial charge in [-0.05, 0) is 104 Å². The predicted molar refractivity (Wildman–Crippen MR) is 128 cm³/mol. The van der Waals surface area contributed by atoms with Gasteiger partial charge in [0.1, 0.15) is 0 Å². The van der Waals surface area contributed by atoms with Crippen LogP contribution in [0, 0.1) is 46.3 Å². The molecule has 4 rings (SSSR count). The van der Waals surface area contributed by atoms with Gasteiger partial charge in [-0.3, -0.25) is 9.11 Å². The molecule has 9 atom stereocenters. The van der Waals surface area contributed by atoms with E-state index in [0.29, 0.717) is 42.4 Å². The minimum atomic E-state index is -4.52. The third-order valence-electron chi connectivity index (χ3n) is 10.6. The monoisotopic (exact) mass is 522 g/mol. The lowest BCUT2D eigenvalue weighted by molar-refractivity contribution is -0.158. The second kappa shape index (κ2) is 9.56. The highest BCUT2D eigenvalue weighted by molar-refractivity contribution is 7.81. The maximum Gasteiger partial charge on any atom is 0.397 e. The van der Waals surface area contributed by atoms with Crippen LogP contribution in [0.4, 0.5) is 0 Å². The Morgan fingerprint density at radius 3 is 2.29 bits per heavy atom. The quantitative estimate of drug-likeness (QED) is 0.334. The van der Waals surface area contributed by atoms with Crippen molar-refractivity contribution in [3.05, 3.63) is 0 Å². The molecule has 4 aliphatic carbocycles. The van der Waals surface area contributed by atoms with Gasteiger partial charge in [0, 0.05) is 0 Å². The Hall–Kier alpha value is -0.260. The van der Waals surface area contributed by atoms with Crippen LogP contribution >= 0.6 is 0 Å². The number of hydrogen-bond acceptors (Lipinski definition) is 6. The lowest BCUT2D eigenvalue weighted by Crippen LogP contribution is -2.58. The molecule has 8 nitrogen and oxygen atoms in total. The van der Waals surface area contributed by atoms with E-state index in [9.17, 15) is 21.4 Å². The van der Waals surface area contributed by atoms with Crippen LogP contribution in [-0.2, 0) is 29.2 Å². The standard InChI is InChI=1S/C24H42O8S2/c1-16(7-6-14-31-33(25,26)27)18-9-10-19-22-20(11-13-24(18,19)3)23(2)12-5-4-8-17(23)15-21(22)32-34(28,29)30/h16-22H,4-15H2,1-3H3,(H,25,26,27)(H,28,29,30)/t16-,17+,18-,19+,20+,21-,22+,23+,24-/m1/s1. The zero-order valence-corrected chi connectivity index (χ0v) is 22.3. The third-order valence-corrected chi connectivity index (χ3v) is 11.6. The minimum Gasteiger partial charge on any atom is -0.264 e. The Morgan fingerprint density at radius 1 is 0.912 bits per heavy atom.